The van der Waals surface area contributed by atoms with Crippen LogP contribution in [0.4, 0.5) is 15.3 Å². The van der Waals surface area contributed by atoms with Gasteiger partial charge in [0.15, 0.2) is 0 Å². The molecular weight excluding hydrogens is 410 g/mol. The molecule has 1 unspecified atom stereocenters. The Labute approximate surface area is 190 Å². The van der Waals surface area contributed by atoms with Gasteiger partial charge in [-0.05, 0) is 43.9 Å². The van der Waals surface area contributed by atoms with E-state index in [0.717, 1.165) is 12.8 Å². The highest BCUT2D eigenvalue weighted by Gasteiger charge is 2.43. The van der Waals surface area contributed by atoms with Gasteiger partial charge in [0.1, 0.15) is 0 Å². The van der Waals surface area contributed by atoms with Crippen LogP contribution in [-0.4, -0.2) is 53.3 Å². The number of unbranched alkanes of at least 4 members (excludes halogenated alkanes) is 5. The van der Waals surface area contributed by atoms with Crippen LogP contribution in [0.1, 0.15) is 70.8 Å². The minimum atomic E-state index is -1.07. The highest BCUT2D eigenvalue weighted by atomic mass is 16.5. The Morgan fingerprint density at radius 2 is 1.75 bits per heavy atom. The van der Waals surface area contributed by atoms with E-state index < -0.39 is 23.6 Å². The van der Waals surface area contributed by atoms with Crippen LogP contribution in [0, 0.1) is 0 Å². The summed E-state index contributed by atoms with van der Waals surface area (Å²) in [4.78, 5) is 37.2. The van der Waals surface area contributed by atoms with Crippen LogP contribution in [0.5, 0.6) is 0 Å². The van der Waals surface area contributed by atoms with Gasteiger partial charge in [-0.1, -0.05) is 51.2 Å². The third-order valence-electron chi connectivity index (χ3n) is 5.82. The molecule has 1 heterocycles. The number of carbonyl (C=O) groups is 3. The molecule has 3 N–H and O–H groups in total. The molecular formula is C24H37N3O5. The van der Waals surface area contributed by atoms with Crippen molar-refractivity contribution < 1.29 is 24.2 Å². The van der Waals surface area contributed by atoms with E-state index in [9.17, 15) is 19.5 Å². The molecule has 8 heteroatoms. The quantitative estimate of drug-likeness (QED) is 0.315. The number of amides is 3. The van der Waals surface area contributed by atoms with Crippen LogP contribution in [0.2, 0.25) is 0 Å². The first-order valence-electron chi connectivity index (χ1n) is 11.7. The van der Waals surface area contributed by atoms with Gasteiger partial charge in [-0.2, -0.15) is 0 Å². The maximum atomic E-state index is 12.6. The molecule has 0 radical (unpaired) electrons. The van der Waals surface area contributed by atoms with Crippen LogP contribution in [0.3, 0.4) is 0 Å². The molecule has 3 amide bonds. The molecule has 1 aromatic carbocycles. The van der Waals surface area contributed by atoms with E-state index in [4.69, 9.17) is 4.74 Å². The number of nitrogens with zero attached hydrogens (tertiary/aromatic N) is 1. The molecule has 0 saturated carbocycles. The number of hydrogen-bond donors (Lipinski definition) is 3. The minimum Gasteiger partial charge on any atom is -0.466 e. The van der Waals surface area contributed by atoms with Crippen LogP contribution in [0.25, 0.3) is 0 Å². The normalized spacial score (nSPS) is 17.8. The summed E-state index contributed by atoms with van der Waals surface area (Å²) >= 11 is 0. The van der Waals surface area contributed by atoms with Crippen molar-refractivity contribution in [3.8, 4) is 0 Å². The number of rotatable bonds is 12. The zero-order valence-corrected chi connectivity index (χ0v) is 19.3. The predicted octanol–water partition coefficient (Wildman–Crippen LogP) is 4.79. The summed E-state index contributed by atoms with van der Waals surface area (Å²) in [5.74, 6) is -0.459. The van der Waals surface area contributed by atoms with Crippen molar-refractivity contribution in [1.29, 1.82) is 0 Å². The van der Waals surface area contributed by atoms with Gasteiger partial charge in [0, 0.05) is 18.8 Å². The number of carboxylic acid groups (broad SMARTS) is 1. The lowest BCUT2D eigenvalue weighted by Crippen LogP contribution is -2.53. The predicted molar refractivity (Wildman–Crippen MR) is 124 cm³/mol. The lowest BCUT2D eigenvalue weighted by atomic mass is 9.94. The number of esters is 1. The van der Waals surface area contributed by atoms with Crippen molar-refractivity contribution in [2.24, 2.45) is 0 Å². The van der Waals surface area contributed by atoms with Gasteiger partial charge in [-0.25, -0.2) is 9.59 Å². The Hall–Kier alpha value is -2.77. The number of urea groups is 1. The summed E-state index contributed by atoms with van der Waals surface area (Å²) in [6, 6.07) is 7.28. The number of carbonyl (C=O) groups excluding carboxylic acids is 2. The zero-order valence-electron chi connectivity index (χ0n) is 19.3. The number of benzene rings is 1. The fraction of sp³-hybridized carbons (Fsp3) is 0.625. The van der Waals surface area contributed by atoms with Crippen LogP contribution >= 0.6 is 0 Å². The van der Waals surface area contributed by atoms with Crippen molar-refractivity contribution in [3.05, 3.63) is 29.8 Å². The van der Waals surface area contributed by atoms with E-state index in [0.29, 0.717) is 12.1 Å². The molecule has 178 valence electrons. The van der Waals surface area contributed by atoms with Gasteiger partial charge in [-0.3, -0.25) is 4.79 Å². The average Bonchev–Trinajstić information content (AvgIpc) is 3.15. The van der Waals surface area contributed by atoms with Crippen molar-refractivity contribution in [3.63, 3.8) is 0 Å². The summed E-state index contributed by atoms with van der Waals surface area (Å²) in [5, 5.41) is 14.9. The molecule has 1 aliphatic heterocycles. The standard InChI is InChI=1S/C24H37N3O5/c1-3-5-6-7-8-9-10-19-11-13-20(14-12-19)25-22(29)26-24(17-21(28)32-4-2)15-16-27(18-24)23(30)31/h11-14H,3-10,15-18H2,1-2H3,(H,30,31)(H2,25,26,29). The summed E-state index contributed by atoms with van der Waals surface area (Å²) in [7, 11) is 0. The Bertz CT molecular complexity index is 753. The third kappa shape index (κ3) is 8.40. The Balaban J connectivity index is 1.88. The van der Waals surface area contributed by atoms with Crippen molar-refractivity contribution in [2.45, 2.75) is 77.2 Å². The van der Waals surface area contributed by atoms with Gasteiger partial charge in [0.25, 0.3) is 0 Å². The second-order valence-corrected chi connectivity index (χ2v) is 8.51. The smallest absolute Gasteiger partial charge is 0.407 e. The van der Waals surface area contributed by atoms with E-state index in [1.807, 2.05) is 24.3 Å². The summed E-state index contributed by atoms with van der Waals surface area (Å²) in [5.41, 5.74) is 0.901. The molecule has 0 spiro atoms. The largest absolute Gasteiger partial charge is 0.466 e. The van der Waals surface area contributed by atoms with Gasteiger partial charge >= 0.3 is 18.1 Å². The van der Waals surface area contributed by atoms with Crippen molar-refractivity contribution in [1.82, 2.24) is 10.2 Å². The molecule has 32 heavy (non-hydrogen) atoms. The van der Waals surface area contributed by atoms with Gasteiger partial charge in [-0.15, -0.1) is 0 Å². The molecule has 0 aromatic heterocycles. The average molecular weight is 448 g/mol. The zero-order chi connectivity index (χ0) is 23.4. The first-order valence-corrected chi connectivity index (χ1v) is 11.7. The van der Waals surface area contributed by atoms with Gasteiger partial charge in [0.05, 0.1) is 18.6 Å². The Morgan fingerprint density at radius 1 is 1.06 bits per heavy atom. The number of ether oxygens (including phenoxy) is 1. The van der Waals surface area contributed by atoms with Gasteiger partial charge in [0.2, 0.25) is 0 Å². The van der Waals surface area contributed by atoms with E-state index in [1.54, 1.807) is 6.92 Å². The fourth-order valence-electron chi connectivity index (χ4n) is 4.08. The molecule has 1 atom stereocenters. The maximum Gasteiger partial charge on any atom is 0.407 e. The molecule has 0 bridgehead atoms. The minimum absolute atomic E-state index is 0.0474. The number of aryl methyl sites for hydroxylation is 1. The molecule has 1 aromatic rings. The van der Waals surface area contributed by atoms with E-state index in [-0.39, 0.29) is 26.1 Å². The van der Waals surface area contributed by atoms with Gasteiger partial charge < -0.3 is 25.4 Å². The summed E-state index contributed by atoms with van der Waals surface area (Å²) < 4.78 is 5.02. The second-order valence-electron chi connectivity index (χ2n) is 8.51. The molecule has 2 rings (SSSR count). The first-order chi connectivity index (χ1) is 15.4. The number of hydrogen-bond acceptors (Lipinski definition) is 4. The number of nitrogens with one attached hydrogen (secondary N) is 2. The summed E-state index contributed by atoms with van der Waals surface area (Å²) in [6.07, 6.45) is 7.76. The van der Waals surface area contributed by atoms with Crippen LogP contribution in [0.15, 0.2) is 24.3 Å². The molecule has 8 nitrogen and oxygen atoms in total. The Morgan fingerprint density at radius 3 is 2.38 bits per heavy atom. The van der Waals surface area contributed by atoms with Crippen molar-refractivity contribution >= 4 is 23.8 Å². The second kappa shape index (κ2) is 12.9. The Kier molecular flexibility index (Phi) is 10.3. The van der Waals surface area contributed by atoms with E-state index in [2.05, 4.69) is 17.6 Å². The molecule has 1 fully saturated rings. The molecule has 0 aliphatic carbocycles. The van der Waals surface area contributed by atoms with Crippen LogP contribution in [-0.2, 0) is 16.0 Å². The third-order valence-corrected chi connectivity index (χ3v) is 5.82. The maximum absolute atomic E-state index is 12.6. The molecule has 1 aliphatic rings. The van der Waals surface area contributed by atoms with Crippen LogP contribution < -0.4 is 10.6 Å². The van der Waals surface area contributed by atoms with E-state index in [1.165, 1.54) is 42.6 Å². The van der Waals surface area contributed by atoms with E-state index >= 15 is 0 Å². The number of likely N-dealkylation sites (tertiary alicyclic amines) is 1. The summed E-state index contributed by atoms with van der Waals surface area (Å²) in [6.45, 7) is 4.45. The topological polar surface area (TPSA) is 108 Å². The lowest BCUT2D eigenvalue weighted by Gasteiger charge is -2.29. The first kappa shape index (κ1) is 25.5. The van der Waals surface area contributed by atoms with Crippen molar-refractivity contribution in [2.75, 3.05) is 25.0 Å². The lowest BCUT2D eigenvalue weighted by molar-refractivity contribution is -0.144. The highest BCUT2D eigenvalue weighted by Crippen LogP contribution is 2.26. The fourth-order valence-corrected chi connectivity index (χ4v) is 4.08. The monoisotopic (exact) mass is 447 g/mol. The molecule has 1 saturated heterocycles. The SMILES string of the molecule is CCCCCCCCc1ccc(NC(=O)NC2(CC(=O)OCC)CCN(C(=O)O)C2)cc1. The highest BCUT2D eigenvalue weighted by molar-refractivity contribution is 5.90. The number of anilines is 1.